The quantitative estimate of drug-likeness (QED) is 0.765. The summed E-state index contributed by atoms with van der Waals surface area (Å²) in [5, 5.41) is 0. The molecule has 0 amide bonds. The van der Waals surface area contributed by atoms with E-state index >= 15 is 0 Å². The average Bonchev–Trinajstić information content (AvgIpc) is 2.00. The van der Waals surface area contributed by atoms with Gasteiger partial charge in [0, 0.05) is 0 Å². The van der Waals surface area contributed by atoms with Gasteiger partial charge in [0.05, 0.1) is 6.61 Å². The zero-order valence-corrected chi connectivity index (χ0v) is 7.62. The van der Waals surface area contributed by atoms with Gasteiger partial charge in [-0.15, -0.1) is 0 Å². The molecular formula is C7H9F6NO. The summed E-state index contributed by atoms with van der Waals surface area (Å²) in [7, 11) is 0. The molecule has 0 saturated heterocycles. The summed E-state index contributed by atoms with van der Waals surface area (Å²) in [6, 6.07) is 0. The maximum atomic E-state index is 12.1. The van der Waals surface area contributed by atoms with Crippen molar-refractivity contribution >= 4 is 0 Å². The summed E-state index contributed by atoms with van der Waals surface area (Å²) in [4.78, 5) is 0. The lowest BCUT2D eigenvalue weighted by atomic mass is 10.1. The molecule has 0 aliphatic heterocycles. The van der Waals surface area contributed by atoms with Crippen LogP contribution in [0.25, 0.3) is 0 Å². The third-order valence-corrected chi connectivity index (χ3v) is 1.69. The molecule has 0 aromatic carbocycles. The summed E-state index contributed by atoms with van der Waals surface area (Å²) in [5.41, 5.74) is 0.572. The lowest BCUT2D eigenvalue weighted by Gasteiger charge is -2.33. The lowest BCUT2D eigenvalue weighted by molar-refractivity contribution is -0.371. The van der Waals surface area contributed by atoms with E-state index in [0.29, 0.717) is 0 Å². The zero-order valence-electron chi connectivity index (χ0n) is 7.62. The Hall–Kier alpha value is -0.920. The van der Waals surface area contributed by atoms with E-state index in [2.05, 4.69) is 4.74 Å². The Balaban J connectivity index is 4.89. The molecule has 0 aliphatic rings. The summed E-state index contributed by atoms with van der Waals surface area (Å²) in [6.45, 7) is -0.941. The van der Waals surface area contributed by atoms with Crippen LogP contribution in [0.5, 0.6) is 0 Å². The second-order valence-corrected chi connectivity index (χ2v) is 2.77. The van der Waals surface area contributed by atoms with Crippen LogP contribution in [0, 0.1) is 0 Å². The largest absolute Gasteiger partial charge is 0.426 e. The average molecular weight is 237 g/mol. The monoisotopic (exact) mass is 237 g/mol. The summed E-state index contributed by atoms with van der Waals surface area (Å²) >= 11 is 0. The van der Waals surface area contributed by atoms with Crippen molar-refractivity contribution in [1.82, 2.24) is 0 Å². The molecule has 8 heteroatoms. The smallest absolute Gasteiger partial charge is 0.405 e. The molecule has 0 radical (unpaired) electrons. The molecule has 0 fully saturated rings. The van der Waals surface area contributed by atoms with E-state index in [-0.39, 0.29) is 6.92 Å². The fourth-order valence-electron chi connectivity index (χ4n) is 0.595. The highest BCUT2D eigenvalue weighted by molar-refractivity contribution is 4.92. The Labute approximate surface area is 81.7 Å². The number of nitrogens with two attached hydrogens (primary N) is 1. The molecule has 15 heavy (non-hydrogen) atoms. The highest BCUT2D eigenvalue weighted by atomic mass is 19.4. The number of halogens is 6. The first kappa shape index (κ1) is 14.1. The van der Waals surface area contributed by atoms with E-state index in [9.17, 15) is 26.3 Å². The topological polar surface area (TPSA) is 35.2 Å². The predicted molar refractivity (Wildman–Crippen MR) is 39.8 cm³/mol. The van der Waals surface area contributed by atoms with Gasteiger partial charge >= 0.3 is 12.4 Å². The minimum atomic E-state index is -5.53. The van der Waals surface area contributed by atoms with Crippen LogP contribution < -0.4 is 5.73 Å². The molecule has 0 heterocycles. The van der Waals surface area contributed by atoms with E-state index in [4.69, 9.17) is 5.73 Å². The summed E-state index contributed by atoms with van der Waals surface area (Å²) in [5.74, 6) is 0. The van der Waals surface area contributed by atoms with Crippen LogP contribution in [-0.2, 0) is 4.74 Å². The van der Waals surface area contributed by atoms with Gasteiger partial charge in [0.2, 0.25) is 0 Å². The van der Waals surface area contributed by atoms with Crippen LogP contribution in [0.2, 0.25) is 0 Å². The highest BCUT2D eigenvalue weighted by Gasteiger charge is 2.69. The Kier molecular flexibility index (Phi) is 4.03. The Bertz CT molecular complexity index is 217. The Morgan fingerprint density at radius 1 is 1.07 bits per heavy atom. The molecule has 2 N–H and O–H groups in total. The van der Waals surface area contributed by atoms with E-state index < -0.39 is 24.6 Å². The van der Waals surface area contributed by atoms with Crippen LogP contribution in [0.3, 0.4) is 0 Å². The van der Waals surface area contributed by atoms with Crippen molar-refractivity contribution < 1.29 is 31.1 Å². The number of ether oxygens (including phenoxy) is 1. The zero-order chi connectivity index (χ0) is 12.3. The molecule has 0 unspecified atom stereocenters. The molecule has 0 bridgehead atoms. The Morgan fingerprint density at radius 3 is 1.73 bits per heavy atom. The van der Waals surface area contributed by atoms with Gasteiger partial charge in [-0.1, -0.05) is 0 Å². The standard InChI is InChI=1S/C7H9F6NO/c1-5(6(8,9)10,7(11,12)13)15-4-2-3-14/h2-3H,4,14H2,1H3/b3-2-. The molecule has 2 nitrogen and oxygen atoms in total. The first-order valence-corrected chi connectivity index (χ1v) is 3.70. The number of hydrogen-bond donors (Lipinski definition) is 1. The van der Waals surface area contributed by atoms with E-state index in [1.807, 2.05) is 0 Å². The van der Waals surface area contributed by atoms with E-state index in [0.717, 1.165) is 12.3 Å². The van der Waals surface area contributed by atoms with Crippen LogP contribution in [0.15, 0.2) is 12.3 Å². The van der Waals surface area contributed by atoms with Gasteiger partial charge in [0.1, 0.15) is 0 Å². The SMILES string of the molecule is CC(OC/C=C\N)(C(F)(F)F)C(F)(F)F. The second-order valence-electron chi connectivity index (χ2n) is 2.77. The van der Waals surface area contributed by atoms with Crippen LogP contribution in [0.4, 0.5) is 26.3 Å². The van der Waals surface area contributed by atoms with Gasteiger partial charge in [0.15, 0.2) is 0 Å². The number of hydrogen-bond acceptors (Lipinski definition) is 2. The molecular weight excluding hydrogens is 228 g/mol. The van der Waals surface area contributed by atoms with Crippen molar-refractivity contribution in [3.63, 3.8) is 0 Å². The van der Waals surface area contributed by atoms with Gasteiger partial charge in [-0.05, 0) is 19.2 Å². The van der Waals surface area contributed by atoms with Gasteiger partial charge in [-0.25, -0.2) is 0 Å². The van der Waals surface area contributed by atoms with Gasteiger partial charge in [-0.2, -0.15) is 26.3 Å². The normalized spacial score (nSPS) is 14.9. The van der Waals surface area contributed by atoms with Crippen LogP contribution in [0.1, 0.15) is 6.92 Å². The van der Waals surface area contributed by atoms with Crippen molar-refractivity contribution in [1.29, 1.82) is 0 Å². The van der Waals surface area contributed by atoms with Gasteiger partial charge in [-0.3, -0.25) is 0 Å². The molecule has 0 spiro atoms. The Morgan fingerprint density at radius 2 is 1.47 bits per heavy atom. The van der Waals surface area contributed by atoms with E-state index in [1.165, 1.54) is 0 Å². The number of alkyl halides is 6. The van der Waals surface area contributed by atoms with Crippen molar-refractivity contribution in [2.45, 2.75) is 24.9 Å². The van der Waals surface area contributed by atoms with Crippen molar-refractivity contribution in [3.05, 3.63) is 12.3 Å². The fraction of sp³-hybridized carbons (Fsp3) is 0.714. The molecule has 90 valence electrons. The third-order valence-electron chi connectivity index (χ3n) is 1.69. The minimum absolute atomic E-state index is 0.0721. The molecule has 0 aromatic rings. The van der Waals surface area contributed by atoms with E-state index in [1.54, 1.807) is 0 Å². The first-order valence-electron chi connectivity index (χ1n) is 3.70. The molecule has 0 rings (SSSR count). The first-order chi connectivity index (χ1) is 6.56. The molecule has 0 aliphatic carbocycles. The molecule has 0 atom stereocenters. The third kappa shape index (κ3) is 3.01. The predicted octanol–water partition coefficient (Wildman–Crippen LogP) is 2.36. The lowest BCUT2D eigenvalue weighted by Crippen LogP contribution is -2.56. The van der Waals surface area contributed by atoms with Crippen molar-refractivity contribution in [2.24, 2.45) is 5.73 Å². The maximum Gasteiger partial charge on any atom is 0.426 e. The number of rotatable bonds is 3. The van der Waals surface area contributed by atoms with Crippen molar-refractivity contribution in [2.75, 3.05) is 6.61 Å². The second kappa shape index (κ2) is 4.30. The maximum absolute atomic E-state index is 12.1. The van der Waals surface area contributed by atoms with Crippen molar-refractivity contribution in [3.8, 4) is 0 Å². The van der Waals surface area contributed by atoms with Crippen LogP contribution >= 0.6 is 0 Å². The van der Waals surface area contributed by atoms with Crippen LogP contribution in [-0.4, -0.2) is 24.6 Å². The minimum Gasteiger partial charge on any atom is -0.405 e. The molecule has 0 aromatic heterocycles. The highest BCUT2D eigenvalue weighted by Crippen LogP contribution is 2.45. The van der Waals surface area contributed by atoms with Gasteiger partial charge in [0.25, 0.3) is 5.60 Å². The fourth-order valence-corrected chi connectivity index (χ4v) is 0.595. The summed E-state index contributed by atoms with van der Waals surface area (Å²) in [6.07, 6.45) is -9.43. The van der Waals surface area contributed by atoms with Gasteiger partial charge < -0.3 is 10.5 Å². The summed E-state index contributed by atoms with van der Waals surface area (Å²) < 4.78 is 76.5. The molecule has 0 saturated carbocycles.